The van der Waals surface area contributed by atoms with E-state index in [0.29, 0.717) is 5.13 Å². The second kappa shape index (κ2) is 8.55. The van der Waals surface area contributed by atoms with Crippen LogP contribution < -0.4 is 10.6 Å². The van der Waals surface area contributed by atoms with Crippen molar-refractivity contribution in [2.24, 2.45) is 0 Å². The van der Waals surface area contributed by atoms with E-state index in [-0.39, 0.29) is 5.91 Å². The molecule has 5 rings (SSSR count). The van der Waals surface area contributed by atoms with E-state index in [1.165, 1.54) is 23.8 Å². The highest BCUT2D eigenvalue weighted by Crippen LogP contribution is 2.43. The van der Waals surface area contributed by atoms with Gasteiger partial charge in [0.05, 0.1) is 27.6 Å². The minimum Gasteiger partial charge on any atom is -0.370 e. The molecule has 0 bridgehead atoms. The van der Waals surface area contributed by atoms with Crippen LogP contribution in [0.4, 0.5) is 10.9 Å². The normalized spacial score (nSPS) is 12.6. The number of benzene rings is 1. The highest BCUT2D eigenvalue weighted by Gasteiger charge is 2.28. The van der Waals surface area contributed by atoms with E-state index in [2.05, 4.69) is 40.7 Å². The number of para-hydroxylation sites is 1. The minimum atomic E-state index is -0.113. The number of aromatic nitrogens is 4. The molecule has 4 aromatic rings. The van der Waals surface area contributed by atoms with Gasteiger partial charge < -0.3 is 10.6 Å². The molecule has 0 unspecified atom stereocenters. The number of fused-ring (bicyclic) bond motifs is 3. The molecule has 32 heavy (non-hydrogen) atoms. The topological polar surface area (TPSA) is 84.7 Å². The first-order valence-electron chi connectivity index (χ1n) is 10.8. The monoisotopic (exact) mass is 444 g/mol. The van der Waals surface area contributed by atoms with Crippen LogP contribution in [0, 0.1) is 0 Å². The Morgan fingerprint density at radius 3 is 2.72 bits per heavy atom. The summed E-state index contributed by atoms with van der Waals surface area (Å²) in [7, 11) is 0. The van der Waals surface area contributed by atoms with Crippen LogP contribution in [0.5, 0.6) is 0 Å². The molecule has 3 heterocycles. The average molecular weight is 445 g/mol. The molecule has 1 aliphatic carbocycles. The summed E-state index contributed by atoms with van der Waals surface area (Å²) in [4.78, 5) is 22.0. The molecule has 0 atom stereocenters. The predicted molar refractivity (Wildman–Crippen MR) is 128 cm³/mol. The molecule has 3 aromatic heterocycles. The van der Waals surface area contributed by atoms with Crippen molar-refractivity contribution >= 4 is 28.2 Å². The number of hydrogen-bond donors (Lipinski definition) is 2. The van der Waals surface area contributed by atoms with Gasteiger partial charge in [-0.2, -0.15) is 5.10 Å². The maximum Gasteiger partial charge on any atom is 0.223 e. The fourth-order valence-electron chi connectivity index (χ4n) is 4.07. The predicted octanol–water partition coefficient (Wildman–Crippen LogP) is 4.94. The lowest BCUT2D eigenvalue weighted by Gasteiger charge is -2.07. The van der Waals surface area contributed by atoms with Crippen LogP contribution in [0.3, 0.4) is 0 Å². The Bertz CT molecular complexity index is 1260. The Morgan fingerprint density at radius 2 is 2.00 bits per heavy atom. The van der Waals surface area contributed by atoms with Gasteiger partial charge in [-0.1, -0.05) is 29.5 Å². The summed E-state index contributed by atoms with van der Waals surface area (Å²) in [5.41, 5.74) is 6.21. The van der Waals surface area contributed by atoms with Crippen molar-refractivity contribution in [2.45, 2.75) is 33.1 Å². The molecule has 1 aromatic carbocycles. The molecule has 1 aliphatic rings. The number of nitrogens with one attached hydrogen (secondary N) is 2. The third kappa shape index (κ3) is 3.78. The van der Waals surface area contributed by atoms with Crippen LogP contribution in [-0.4, -0.2) is 32.2 Å². The average Bonchev–Trinajstić information content (AvgIpc) is 3.31. The molecule has 0 fully saturated rings. The number of aryl methyl sites for hydroxylation is 1. The molecule has 8 heteroatoms. The van der Waals surface area contributed by atoms with Gasteiger partial charge in [-0.05, 0) is 50.5 Å². The summed E-state index contributed by atoms with van der Waals surface area (Å²) in [6.45, 7) is 4.39. The maximum atomic E-state index is 11.6. The maximum absolute atomic E-state index is 11.6. The number of anilines is 2. The molecule has 162 valence electrons. The zero-order valence-corrected chi connectivity index (χ0v) is 18.9. The summed E-state index contributed by atoms with van der Waals surface area (Å²) in [6.07, 6.45) is 4.63. The minimum absolute atomic E-state index is 0.113. The molecule has 7 nitrogen and oxygen atoms in total. The van der Waals surface area contributed by atoms with Crippen LogP contribution in [0.25, 0.3) is 27.5 Å². The van der Waals surface area contributed by atoms with E-state index in [1.807, 2.05) is 35.1 Å². The summed E-state index contributed by atoms with van der Waals surface area (Å²) in [5, 5.41) is 11.8. The molecule has 2 N–H and O–H groups in total. The quantitative estimate of drug-likeness (QED) is 0.456. The fourth-order valence-corrected chi connectivity index (χ4v) is 5.19. The van der Waals surface area contributed by atoms with Gasteiger partial charge in [-0.3, -0.25) is 4.79 Å². The van der Waals surface area contributed by atoms with Crippen LogP contribution in [0.15, 0.2) is 48.7 Å². The van der Waals surface area contributed by atoms with E-state index >= 15 is 0 Å². The number of carbonyl (C=O) groups is 1. The second-order valence-corrected chi connectivity index (χ2v) is 8.71. The smallest absolute Gasteiger partial charge is 0.223 e. The van der Waals surface area contributed by atoms with E-state index in [0.717, 1.165) is 64.8 Å². The zero-order valence-electron chi connectivity index (χ0n) is 18.1. The Kier molecular flexibility index (Phi) is 5.45. The van der Waals surface area contributed by atoms with E-state index in [9.17, 15) is 4.79 Å². The molecule has 0 saturated heterocycles. The largest absolute Gasteiger partial charge is 0.370 e. The Labute approximate surface area is 190 Å². The molecule has 0 aliphatic heterocycles. The molecule has 0 radical (unpaired) electrons. The van der Waals surface area contributed by atoms with Gasteiger partial charge in [0.1, 0.15) is 5.82 Å². The lowest BCUT2D eigenvalue weighted by atomic mass is 10.0. The Balaban J connectivity index is 1.70. The number of rotatable bonds is 5. The van der Waals surface area contributed by atoms with Crippen LogP contribution in [0.2, 0.25) is 0 Å². The fraction of sp³-hybridized carbons (Fsp3) is 0.250. The Morgan fingerprint density at radius 1 is 1.16 bits per heavy atom. The Hall–Kier alpha value is -3.52. The van der Waals surface area contributed by atoms with Crippen LogP contribution in [-0.2, 0) is 17.6 Å². The first-order chi connectivity index (χ1) is 15.6. The third-order valence-electron chi connectivity index (χ3n) is 5.41. The van der Waals surface area contributed by atoms with Gasteiger partial charge in [0, 0.05) is 30.8 Å². The van der Waals surface area contributed by atoms with Crippen LogP contribution in [0.1, 0.15) is 31.5 Å². The van der Waals surface area contributed by atoms with Gasteiger partial charge >= 0.3 is 0 Å². The van der Waals surface area contributed by atoms with E-state index in [1.54, 1.807) is 0 Å². The molecular formula is C24H24N6OS. The number of hydrogen-bond acceptors (Lipinski definition) is 6. The van der Waals surface area contributed by atoms with Crippen molar-refractivity contribution in [3.63, 3.8) is 0 Å². The summed E-state index contributed by atoms with van der Waals surface area (Å²) in [6, 6.07) is 14.2. The third-order valence-corrected chi connectivity index (χ3v) is 6.43. The van der Waals surface area contributed by atoms with Gasteiger partial charge in [0.2, 0.25) is 5.91 Å². The van der Waals surface area contributed by atoms with Crippen LogP contribution >= 0.6 is 11.3 Å². The van der Waals surface area contributed by atoms with E-state index in [4.69, 9.17) is 10.1 Å². The zero-order chi connectivity index (χ0) is 22.1. The van der Waals surface area contributed by atoms with Crippen molar-refractivity contribution in [2.75, 3.05) is 17.2 Å². The van der Waals surface area contributed by atoms with Gasteiger partial charge in [0.15, 0.2) is 5.13 Å². The standard InChI is InChI=1S/C24H24N6OS/c1-3-25-20-13-12-16(14-26-20)21-18-10-7-11-19-23(32-24(28-19)27-15(2)31)22(18)30(29-21)17-8-5-4-6-9-17/h4-6,8-9,12-14H,3,7,10-11H2,1-2H3,(H,25,26)(H,27,28,31). The SMILES string of the molecule is CCNc1ccc(-c2nn(-c3ccccc3)c3c2CCCc2nc(NC(C)=O)sc2-3)cn1. The second-order valence-electron chi connectivity index (χ2n) is 7.72. The van der Waals surface area contributed by atoms with Crippen molar-refractivity contribution in [3.8, 4) is 27.5 Å². The van der Waals surface area contributed by atoms with E-state index < -0.39 is 0 Å². The highest BCUT2D eigenvalue weighted by atomic mass is 32.1. The first kappa shape index (κ1) is 20.4. The lowest BCUT2D eigenvalue weighted by molar-refractivity contribution is -0.114. The van der Waals surface area contributed by atoms with Gasteiger partial charge in [-0.25, -0.2) is 14.6 Å². The highest BCUT2D eigenvalue weighted by molar-refractivity contribution is 7.19. The summed E-state index contributed by atoms with van der Waals surface area (Å²) < 4.78 is 2.02. The molecule has 0 saturated carbocycles. The summed E-state index contributed by atoms with van der Waals surface area (Å²) in [5.74, 6) is 0.743. The van der Waals surface area contributed by atoms with Crippen molar-refractivity contribution in [1.29, 1.82) is 0 Å². The molecular weight excluding hydrogens is 420 g/mol. The number of pyridine rings is 1. The van der Waals surface area contributed by atoms with Crippen molar-refractivity contribution in [3.05, 3.63) is 59.9 Å². The lowest BCUT2D eigenvalue weighted by Crippen LogP contribution is -2.05. The molecule has 0 spiro atoms. The first-order valence-corrected chi connectivity index (χ1v) is 11.6. The number of thiazole rings is 1. The number of nitrogens with zero attached hydrogens (tertiary/aromatic N) is 4. The van der Waals surface area contributed by atoms with Gasteiger partial charge in [-0.15, -0.1) is 0 Å². The molecule has 1 amide bonds. The summed E-state index contributed by atoms with van der Waals surface area (Å²) >= 11 is 1.52. The van der Waals surface area contributed by atoms with Gasteiger partial charge in [0.25, 0.3) is 0 Å². The van der Waals surface area contributed by atoms with Crippen molar-refractivity contribution in [1.82, 2.24) is 19.7 Å². The number of carbonyl (C=O) groups excluding carboxylic acids is 1. The van der Waals surface area contributed by atoms with Crippen molar-refractivity contribution < 1.29 is 4.79 Å². The number of amides is 1.